The fraction of sp³-hybridized carbons (Fsp3) is 0.200. The van der Waals surface area contributed by atoms with E-state index >= 15 is 0 Å². The van der Waals surface area contributed by atoms with Gasteiger partial charge in [0.1, 0.15) is 16.9 Å². The van der Waals surface area contributed by atoms with Crippen LogP contribution in [0.1, 0.15) is 13.3 Å². The number of nitrogen functional groups attached to an aromatic ring is 1. The van der Waals surface area contributed by atoms with Crippen LogP contribution in [-0.4, -0.2) is 17.0 Å². The normalized spacial score (nSPS) is 15.4. The highest BCUT2D eigenvalue weighted by Crippen LogP contribution is 2.20. The maximum atomic E-state index is 5.80. The van der Waals surface area contributed by atoms with Crippen LogP contribution in [0.15, 0.2) is 15.0 Å². The van der Waals surface area contributed by atoms with Gasteiger partial charge in [-0.25, -0.2) is 20.0 Å². The second-order valence-corrected chi connectivity index (χ2v) is 3.37. The third kappa shape index (κ3) is 1.03. The van der Waals surface area contributed by atoms with Gasteiger partial charge >= 0.3 is 0 Å². The second-order valence-electron chi connectivity index (χ2n) is 3.37. The molecule has 1 aromatic rings. The van der Waals surface area contributed by atoms with Crippen molar-refractivity contribution in [3.8, 4) is 0 Å². The molecule has 0 unspecified atom stereocenters. The van der Waals surface area contributed by atoms with E-state index in [1.165, 1.54) is 0 Å². The number of rotatable bonds is 1. The van der Waals surface area contributed by atoms with Crippen LogP contribution in [0.4, 0.5) is 17.3 Å². The molecule has 0 atom stereocenters. The average molecular weight is 199 g/mol. The summed E-state index contributed by atoms with van der Waals surface area (Å²) in [6.07, 6.45) is 4.39. The smallest absolute Gasteiger partial charge is 0.163 e. The van der Waals surface area contributed by atoms with E-state index in [1.54, 1.807) is 6.21 Å². The molecule has 2 N–H and O–H groups in total. The Bertz CT molecular complexity index is 624. The van der Waals surface area contributed by atoms with E-state index in [1.807, 2.05) is 13.0 Å². The van der Waals surface area contributed by atoms with Crippen LogP contribution in [0, 0.1) is 0 Å². The molecule has 3 heterocycles. The van der Waals surface area contributed by atoms with Crippen molar-refractivity contribution in [1.29, 1.82) is 0 Å². The van der Waals surface area contributed by atoms with Crippen LogP contribution >= 0.6 is 0 Å². The molecule has 74 valence electrons. The topological polar surface area (TPSA) is 76.0 Å². The van der Waals surface area contributed by atoms with Gasteiger partial charge in [0, 0.05) is 17.9 Å². The lowest BCUT2D eigenvalue weighted by Gasteiger charge is -1.97. The van der Waals surface area contributed by atoms with E-state index < -0.39 is 0 Å². The molecule has 0 radical (unpaired) electrons. The highest BCUT2D eigenvalue weighted by atomic mass is 15.1. The number of nitrogens with zero attached hydrogens (tertiary/aromatic N) is 4. The maximum Gasteiger partial charge on any atom is 0.163 e. The number of anilines is 1. The summed E-state index contributed by atoms with van der Waals surface area (Å²) in [5.41, 5.74) is 6.48. The van der Waals surface area contributed by atoms with E-state index in [0.717, 1.165) is 22.8 Å². The van der Waals surface area contributed by atoms with Crippen LogP contribution in [-0.2, 0) is 0 Å². The lowest BCUT2D eigenvalue weighted by Crippen LogP contribution is -2.25. The van der Waals surface area contributed by atoms with Gasteiger partial charge in [0.2, 0.25) is 0 Å². The van der Waals surface area contributed by atoms with Gasteiger partial charge in [-0.3, -0.25) is 0 Å². The average Bonchev–Trinajstić information content (AvgIpc) is 2.81. The van der Waals surface area contributed by atoms with Crippen LogP contribution in [0.2, 0.25) is 0 Å². The first-order valence-corrected chi connectivity index (χ1v) is 4.79. The summed E-state index contributed by atoms with van der Waals surface area (Å²) in [4.78, 5) is 17.0. The van der Waals surface area contributed by atoms with Crippen molar-refractivity contribution >= 4 is 35.4 Å². The SMILES string of the molecule is CCC1=Nc2c(N)nc3c(c2=N1)=CC=N3. The molecule has 5 nitrogen and oxygen atoms in total. The number of pyridine rings is 1. The molecule has 0 aromatic carbocycles. The van der Waals surface area contributed by atoms with E-state index in [-0.39, 0.29) is 0 Å². The third-order valence-electron chi connectivity index (χ3n) is 2.43. The molecular formula is C10H9N5. The highest BCUT2D eigenvalue weighted by Gasteiger charge is 2.16. The first kappa shape index (κ1) is 8.28. The fourth-order valence-corrected chi connectivity index (χ4v) is 1.68. The molecule has 0 bridgehead atoms. The zero-order chi connectivity index (χ0) is 10.4. The van der Waals surface area contributed by atoms with Gasteiger partial charge < -0.3 is 5.73 Å². The number of amidine groups is 1. The standard InChI is InChI=1S/C10H9N5/c1-2-6-13-7-5-3-4-12-10(5)15-9(11)8(7)14-6/h3-4H,2H2,1H3,(H2,11,12,15). The lowest BCUT2D eigenvalue weighted by atomic mass is 10.3. The van der Waals surface area contributed by atoms with Crippen LogP contribution in [0.3, 0.4) is 0 Å². The Kier molecular flexibility index (Phi) is 1.50. The Morgan fingerprint density at radius 2 is 2.20 bits per heavy atom. The zero-order valence-electron chi connectivity index (χ0n) is 8.23. The zero-order valence-corrected chi connectivity index (χ0v) is 8.23. The van der Waals surface area contributed by atoms with Crippen LogP contribution in [0.5, 0.6) is 0 Å². The first-order chi connectivity index (χ1) is 7.29. The van der Waals surface area contributed by atoms with Gasteiger partial charge in [-0.15, -0.1) is 0 Å². The second kappa shape index (κ2) is 2.73. The molecule has 0 saturated heterocycles. The fourth-order valence-electron chi connectivity index (χ4n) is 1.68. The summed E-state index contributed by atoms with van der Waals surface area (Å²) in [6, 6.07) is 0. The molecule has 0 aliphatic carbocycles. The summed E-state index contributed by atoms with van der Waals surface area (Å²) in [7, 11) is 0. The molecule has 15 heavy (non-hydrogen) atoms. The number of nitrogens with two attached hydrogens (primary N) is 1. The summed E-state index contributed by atoms with van der Waals surface area (Å²) < 4.78 is 0. The highest BCUT2D eigenvalue weighted by molar-refractivity contribution is 5.98. The van der Waals surface area contributed by atoms with E-state index in [0.29, 0.717) is 17.3 Å². The summed E-state index contributed by atoms with van der Waals surface area (Å²) >= 11 is 0. The molecule has 0 amide bonds. The minimum atomic E-state index is 0.406. The molecule has 5 heteroatoms. The van der Waals surface area contributed by atoms with Crippen molar-refractivity contribution < 1.29 is 0 Å². The molecule has 0 fully saturated rings. The van der Waals surface area contributed by atoms with Crippen molar-refractivity contribution in [2.45, 2.75) is 13.3 Å². The summed E-state index contributed by atoms with van der Waals surface area (Å²) in [6.45, 7) is 2.01. The number of aliphatic imine (C=N–C) groups is 2. The predicted molar refractivity (Wildman–Crippen MR) is 59.4 cm³/mol. The van der Waals surface area contributed by atoms with Gasteiger partial charge in [-0.05, 0) is 6.08 Å². The monoisotopic (exact) mass is 199 g/mol. The van der Waals surface area contributed by atoms with Gasteiger partial charge in [0.15, 0.2) is 11.6 Å². The summed E-state index contributed by atoms with van der Waals surface area (Å²) in [5.74, 6) is 1.85. The molecule has 3 rings (SSSR count). The molecule has 2 aliphatic heterocycles. The Labute approximate surface area is 85.8 Å². The number of hydrogen-bond donors (Lipinski definition) is 1. The number of hydrogen-bond acceptors (Lipinski definition) is 5. The Hall–Kier alpha value is -2.04. The molecular weight excluding hydrogens is 190 g/mol. The lowest BCUT2D eigenvalue weighted by molar-refractivity contribution is 1.23. The number of fused-ring (bicyclic) bond motifs is 3. The Balaban J connectivity index is 2.42. The van der Waals surface area contributed by atoms with Crippen LogP contribution < -0.4 is 16.3 Å². The third-order valence-corrected chi connectivity index (χ3v) is 2.43. The van der Waals surface area contributed by atoms with Crippen molar-refractivity contribution in [3.05, 3.63) is 10.6 Å². The van der Waals surface area contributed by atoms with E-state index in [4.69, 9.17) is 5.73 Å². The Morgan fingerprint density at radius 1 is 1.33 bits per heavy atom. The van der Waals surface area contributed by atoms with Crippen molar-refractivity contribution in [3.63, 3.8) is 0 Å². The number of aromatic nitrogens is 1. The quantitative estimate of drug-likeness (QED) is 0.703. The van der Waals surface area contributed by atoms with Gasteiger partial charge in [-0.2, -0.15) is 0 Å². The van der Waals surface area contributed by atoms with Gasteiger partial charge in [0.05, 0.1) is 0 Å². The minimum absolute atomic E-state index is 0.406. The summed E-state index contributed by atoms with van der Waals surface area (Å²) in [5, 5.41) is 1.73. The first-order valence-electron chi connectivity index (χ1n) is 4.79. The predicted octanol–water partition coefficient (Wildman–Crippen LogP) is 0.233. The Morgan fingerprint density at radius 3 is 3.00 bits per heavy atom. The van der Waals surface area contributed by atoms with Crippen molar-refractivity contribution in [2.75, 3.05) is 5.73 Å². The largest absolute Gasteiger partial charge is 0.382 e. The molecule has 2 aliphatic rings. The molecule has 0 spiro atoms. The van der Waals surface area contributed by atoms with E-state index in [9.17, 15) is 0 Å². The maximum absolute atomic E-state index is 5.80. The van der Waals surface area contributed by atoms with Crippen molar-refractivity contribution in [1.82, 2.24) is 4.98 Å². The minimum Gasteiger partial charge on any atom is -0.382 e. The molecule has 0 saturated carbocycles. The molecule has 1 aromatic heterocycles. The van der Waals surface area contributed by atoms with Crippen LogP contribution in [0.25, 0.3) is 6.08 Å². The van der Waals surface area contributed by atoms with Gasteiger partial charge in [0.25, 0.3) is 0 Å². The van der Waals surface area contributed by atoms with E-state index in [2.05, 4.69) is 20.0 Å². The van der Waals surface area contributed by atoms with Gasteiger partial charge in [-0.1, -0.05) is 6.92 Å². The van der Waals surface area contributed by atoms with Crippen molar-refractivity contribution in [2.24, 2.45) is 15.0 Å².